The van der Waals surface area contributed by atoms with Crippen molar-refractivity contribution in [3.63, 3.8) is 0 Å². The number of methoxy groups -OCH3 is 1. The number of hydrogen-bond acceptors (Lipinski definition) is 2. The smallest absolute Gasteiger partial charge is 0.312 e. The second-order valence-electron chi connectivity index (χ2n) is 5.86. The molecule has 1 fully saturated rings. The van der Waals surface area contributed by atoms with Crippen molar-refractivity contribution >= 4 is 44.5 Å². The Morgan fingerprint density at radius 2 is 2.09 bits per heavy atom. The standard InChI is InChI=1S/C16H18BrF2IO2/c1-22-15(21)16(6-4-10(5-7-16)14(18)19)9-11-2-3-12(17)8-13(11)20/h2-3,8,10,14H,4-7,9H2,1H3. The van der Waals surface area contributed by atoms with Gasteiger partial charge in [0.1, 0.15) is 0 Å². The van der Waals surface area contributed by atoms with E-state index in [0.29, 0.717) is 32.1 Å². The number of halogens is 4. The molecule has 0 aromatic heterocycles. The average molecular weight is 487 g/mol. The minimum absolute atomic E-state index is 0.279. The lowest BCUT2D eigenvalue weighted by Gasteiger charge is -2.38. The molecule has 0 atom stereocenters. The van der Waals surface area contributed by atoms with Gasteiger partial charge < -0.3 is 4.74 Å². The number of hydrogen-bond donors (Lipinski definition) is 0. The maximum atomic E-state index is 12.9. The van der Waals surface area contributed by atoms with Gasteiger partial charge in [-0.05, 0) is 72.4 Å². The van der Waals surface area contributed by atoms with Gasteiger partial charge in [0.15, 0.2) is 0 Å². The molecule has 1 aliphatic rings. The maximum absolute atomic E-state index is 12.9. The van der Waals surface area contributed by atoms with Crippen LogP contribution in [-0.4, -0.2) is 19.5 Å². The number of rotatable bonds is 4. The van der Waals surface area contributed by atoms with Crippen LogP contribution >= 0.6 is 38.5 Å². The number of alkyl halides is 2. The van der Waals surface area contributed by atoms with E-state index in [4.69, 9.17) is 4.74 Å². The summed E-state index contributed by atoms with van der Waals surface area (Å²) < 4.78 is 32.8. The van der Waals surface area contributed by atoms with Gasteiger partial charge in [-0.15, -0.1) is 0 Å². The van der Waals surface area contributed by atoms with Crippen LogP contribution in [0, 0.1) is 14.9 Å². The fraction of sp³-hybridized carbons (Fsp3) is 0.562. The molecule has 0 unspecified atom stereocenters. The Morgan fingerprint density at radius 3 is 2.59 bits per heavy atom. The van der Waals surface area contributed by atoms with Crippen LogP contribution in [-0.2, 0) is 16.0 Å². The normalized spacial score (nSPS) is 25.3. The molecule has 0 saturated heterocycles. The molecule has 22 heavy (non-hydrogen) atoms. The van der Waals surface area contributed by atoms with Crippen LogP contribution in [0.4, 0.5) is 8.78 Å². The fourth-order valence-electron chi connectivity index (χ4n) is 3.14. The molecule has 1 aromatic carbocycles. The quantitative estimate of drug-likeness (QED) is 0.431. The average Bonchev–Trinajstić information content (AvgIpc) is 2.49. The van der Waals surface area contributed by atoms with E-state index in [1.165, 1.54) is 7.11 Å². The van der Waals surface area contributed by atoms with E-state index in [0.717, 1.165) is 13.6 Å². The Labute approximate surface area is 151 Å². The Bertz CT molecular complexity index is 543. The molecule has 0 bridgehead atoms. The van der Waals surface area contributed by atoms with Crippen molar-refractivity contribution in [3.05, 3.63) is 31.8 Å². The van der Waals surface area contributed by atoms with Gasteiger partial charge >= 0.3 is 5.97 Å². The third-order valence-electron chi connectivity index (χ3n) is 4.51. The SMILES string of the molecule is COC(=O)C1(Cc2ccc(Br)cc2I)CCC(C(F)F)CC1. The van der Waals surface area contributed by atoms with Gasteiger partial charge in [0.2, 0.25) is 6.43 Å². The molecule has 1 aliphatic carbocycles. The van der Waals surface area contributed by atoms with E-state index in [1.807, 2.05) is 18.2 Å². The molecular weight excluding hydrogens is 469 g/mol. The summed E-state index contributed by atoms with van der Waals surface area (Å²) in [5, 5.41) is 0. The van der Waals surface area contributed by atoms with Crippen molar-refractivity contribution in [2.24, 2.45) is 11.3 Å². The Balaban J connectivity index is 2.22. The summed E-state index contributed by atoms with van der Waals surface area (Å²) in [6.07, 6.45) is -0.0915. The highest BCUT2D eigenvalue weighted by Gasteiger charge is 2.44. The third kappa shape index (κ3) is 3.99. The number of carbonyl (C=O) groups is 1. The molecule has 0 N–H and O–H groups in total. The summed E-state index contributed by atoms with van der Waals surface area (Å²) in [7, 11) is 1.37. The second kappa shape index (κ2) is 7.55. The second-order valence-corrected chi connectivity index (χ2v) is 7.93. The first kappa shape index (κ1) is 18.1. The van der Waals surface area contributed by atoms with Crippen LogP contribution in [0.3, 0.4) is 0 Å². The molecule has 0 aliphatic heterocycles. The molecule has 6 heteroatoms. The minimum atomic E-state index is -2.30. The van der Waals surface area contributed by atoms with E-state index in [1.54, 1.807) is 0 Å². The van der Waals surface area contributed by atoms with Crippen LogP contribution in [0.5, 0.6) is 0 Å². The van der Waals surface area contributed by atoms with Gasteiger partial charge in [0.25, 0.3) is 0 Å². The Morgan fingerprint density at radius 1 is 1.45 bits per heavy atom. The van der Waals surface area contributed by atoms with E-state index >= 15 is 0 Å². The van der Waals surface area contributed by atoms with Crippen molar-refractivity contribution in [2.45, 2.75) is 38.5 Å². The van der Waals surface area contributed by atoms with E-state index < -0.39 is 17.8 Å². The predicted molar refractivity (Wildman–Crippen MR) is 93.0 cm³/mol. The molecule has 0 heterocycles. The first-order valence-corrected chi connectivity index (χ1v) is 9.05. The molecule has 2 rings (SSSR count). The van der Waals surface area contributed by atoms with Crippen LogP contribution < -0.4 is 0 Å². The molecule has 1 saturated carbocycles. The monoisotopic (exact) mass is 486 g/mol. The Hall–Kier alpha value is -0.240. The summed E-state index contributed by atoms with van der Waals surface area (Å²) in [6, 6.07) is 5.91. The van der Waals surface area contributed by atoms with Gasteiger partial charge in [-0.2, -0.15) is 0 Å². The molecule has 0 radical (unpaired) electrons. The summed E-state index contributed by atoms with van der Waals surface area (Å²) in [5.74, 6) is -0.874. The van der Waals surface area contributed by atoms with Crippen molar-refractivity contribution in [1.82, 2.24) is 0 Å². The van der Waals surface area contributed by atoms with Crippen LogP contribution in [0.1, 0.15) is 31.2 Å². The van der Waals surface area contributed by atoms with E-state index in [9.17, 15) is 13.6 Å². The largest absolute Gasteiger partial charge is 0.469 e. The van der Waals surface area contributed by atoms with Crippen molar-refractivity contribution in [2.75, 3.05) is 7.11 Å². The zero-order valence-corrected chi connectivity index (χ0v) is 16.0. The lowest BCUT2D eigenvalue weighted by Crippen LogP contribution is -2.39. The zero-order valence-electron chi connectivity index (χ0n) is 12.3. The topological polar surface area (TPSA) is 26.3 Å². The highest BCUT2D eigenvalue weighted by Crippen LogP contribution is 2.44. The molecule has 0 amide bonds. The Kier molecular flexibility index (Phi) is 6.22. The van der Waals surface area contributed by atoms with Crippen molar-refractivity contribution in [3.8, 4) is 0 Å². The highest BCUT2D eigenvalue weighted by molar-refractivity contribution is 14.1. The minimum Gasteiger partial charge on any atom is -0.469 e. The van der Waals surface area contributed by atoms with Gasteiger partial charge in [0.05, 0.1) is 12.5 Å². The highest BCUT2D eigenvalue weighted by atomic mass is 127. The summed E-state index contributed by atoms with van der Waals surface area (Å²) in [5.41, 5.74) is 0.387. The predicted octanol–water partition coefficient (Wildman–Crippen LogP) is 5.21. The first-order valence-electron chi connectivity index (χ1n) is 7.18. The fourth-order valence-corrected chi connectivity index (χ4v) is 4.64. The zero-order chi connectivity index (χ0) is 16.3. The summed E-state index contributed by atoms with van der Waals surface area (Å²) in [4.78, 5) is 12.3. The lowest BCUT2D eigenvalue weighted by molar-refractivity contribution is -0.156. The number of esters is 1. The van der Waals surface area contributed by atoms with Crippen molar-refractivity contribution < 1.29 is 18.3 Å². The molecule has 1 aromatic rings. The number of carbonyl (C=O) groups excluding carboxylic acids is 1. The van der Waals surface area contributed by atoms with Gasteiger partial charge in [0, 0.05) is 14.0 Å². The summed E-state index contributed by atoms with van der Waals surface area (Å²) >= 11 is 5.66. The van der Waals surface area contributed by atoms with E-state index in [-0.39, 0.29) is 5.97 Å². The first-order chi connectivity index (χ1) is 10.4. The third-order valence-corrected chi connectivity index (χ3v) is 6.00. The van der Waals surface area contributed by atoms with Gasteiger partial charge in [-0.25, -0.2) is 8.78 Å². The summed E-state index contributed by atoms with van der Waals surface area (Å²) in [6.45, 7) is 0. The maximum Gasteiger partial charge on any atom is 0.312 e. The molecular formula is C16H18BrF2IO2. The molecule has 122 valence electrons. The van der Waals surface area contributed by atoms with Crippen LogP contribution in [0.2, 0.25) is 0 Å². The van der Waals surface area contributed by atoms with Gasteiger partial charge in [-0.3, -0.25) is 4.79 Å². The van der Waals surface area contributed by atoms with Crippen LogP contribution in [0.25, 0.3) is 0 Å². The number of benzene rings is 1. The van der Waals surface area contributed by atoms with Crippen LogP contribution in [0.15, 0.2) is 22.7 Å². The number of ether oxygens (including phenoxy) is 1. The van der Waals surface area contributed by atoms with E-state index in [2.05, 4.69) is 38.5 Å². The molecule has 0 spiro atoms. The lowest BCUT2D eigenvalue weighted by atomic mass is 9.67. The molecule has 2 nitrogen and oxygen atoms in total. The van der Waals surface area contributed by atoms with Crippen molar-refractivity contribution in [1.29, 1.82) is 0 Å². The van der Waals surface area contributed by atoms with Gasteiger partial charge in [-0.1, -0.05) is 22.0 Å².